The number of carbonyl (C=O) groups excluding carboxylic acids is 1. The van der Waals surface area contributed by atoms with Gasteiger partial charge in [0.1, 0.15) is 12.0 Å². The summed E-state index contributed by atoms with van der Waals surface area (Å²) in [4.78, 5) is 14.9. The fourth-order valence-electron chi connectivity index (χ4n) is 2.09. The lowest BCUT2D eigenvalue weighted by molar-refractivity contribution is -0.108. The largest absolute Gasteiger partial charge is 0.442 e. The maximum Gasteiger partial charge on any atom is 0.188 e. The summed E-state index contributed by atoms with van der Waals surface area (Å²) in [6.45, 7) is 14.5. The van der Waals surface area contributed by atoms with Crippen LogP contribution in [-0.2, 0) is 9.53 Å². The highest BCUT2D eigenvalue weighted by atomic mass is 16.5. The molecular weight excluding hydrogens is 302 g/mol. The minimum Gasteiger partial charge on any atom is -0.442 e. The Hall–Kier alpha value is -2.27. The topological polar surface area (TPSA) is 44.8 Å². The Bertz CT molecular complexity index is 552. The van der Waals surface area contributed by atoms with Crippen LogP contribution in [0, 0.1) is 0 Å². The average Bonchev–Trinajstić information content (AvgIpc) is 2.55. The Labute approximate surface area is 145 Å². The third-order valence-corrected chi connectivity index (χ3v) is 3.60. The Kier molecular flexibility index (Phi) is 8.06. The molecule has 5 nitrogen and oxygen atoms in total. The number of benzene rings is 1. The molecule has 0 aliphatic rings. The van der Waals surface area contributed by atoms with Crippen molar-refractivity contribution in [2.45, 2.75) is 19.9 Å². The first-order chi connectivity index (χ1) is 11.4. The van der Waals surface area contributed by atoms with Gasteiger partial charge in [-0.05, 0) is 58.8 Å². The monoisotopic (exact) mass is 331 g/mol. The number of hydrogen-bond donors (Lipinski definition) is 1. The molecule has 0 radical (unpaired) electrons. The molecule has 0 saturated carbocycles. The summed E-state index contributed by atoms with van der Waals surface area (Å²) in [5.74, 6) is 1.15. The van der Waals surface area contributed by atoms with E-state index in [0.29, 0.717) is 11.6 Å². The van der Waals surface area contributed by atoms with E-state index in [1.165, 1.54) is 0 Å². The molecule has 1 aromatic rings. The number of anilines is 1. The number of ether oxygens (including phenoxy) is 1. The molecule has 24 heavy (non-hydrogen) atoms. The van der Waals surface area contributed by atoms with Crippen LogP contribution in [0.2, 0.25) is 0 Å². The molecule has 1 atom stereocenters. The van der Waals surface area contributed by atoms with Crippen molar-refractivity contribution >= 4 is 17.7 Å². The molecule has 0 fully saturated rings. The average molecular weight is 331 g/mol. The van der Waals surface area contributed by atoms with Crippen LogP contribution in [0.15, 0.2) is 43.3 Å². The molecular formula is C19H29N3O2. The lowest BCUT2D eigenvalue weighted by Crippen LogP contribution is -2.31. The van der Waals surface area contributed by atoms with Crippen molar-refractivity contribution in [1.82, 2.24) is 9.80 Å². The number of nitrogens with zero attached hydrogens (tertiary/aromatic N) is 2. The zero-order valence-corrected chi connectivity index (χ0v) is 15.2. The minimum absolute atomic E-state index is 0.218. The van der Waals surface area contributed by atoms with E-state index >= 15 is 0 Å². The van der Waals surface area contributed by atoms with Crippen LogP contribution in [0.3, 0.4) is 0 Å². The van der Waals surface area contributed by atoms with Crippen molar-refractivity contribution in [1.29, 1.82) is 0 Å². The van der Waals surface area contributed by atoms with E-state index in [1.54, 1.807) is 6.92 Å². The quantitative estimate of drug-likeness (QED) is 0.499. The van der Waals surface area contributed by atoms with Gasteiger partial charge in [0.25, 0.3) is 0 Å². The van der Waals surface area contributed by atoms with Crippen molar-refractivity contribution in [3.8, 4) is 0 Å². The van der Waals surface area contributed by atoms with Gasteiger partial charge in [0.2, 0.25) is 0 Å². The summed E-state index contributed by atoms with van der Waals surface area (Å²) in [6.07, 6.45) is 0.868. The molecule has 132 valence electrons. The second kappa shape index (κ2) is 9.78. The zero-order chi connectivity index (χ0) is 18.1. The molecule has 1 unspecified atom stereocenters. The molecule has 1 rings (SSSR count). The smallest absolute Gasteiger partial charge is 0.188 e. The third kappa shape index (κ3) is 6.46. The zero-order valence-electron chi connectivity index (χ0n) is 15.2. The standard InChI is InChI=1S/C19H29N3O2/c1-7-22(13-12-21(5)6)17(4)24-16(3)18-8-10-19(11-9-18)20-15(2)14-23/h8-11,14-15,20H,3-4,7,12-13H2,1-2,5-6H3. The van der Waals surface area contributed by atoms with Gasteiger partial charge in [-0.15, -0.1) is 0 Å². The van der Waals surface area contributed by atoms with Crippen molar-refractivity contribution in [3.63, 3.8) is 0 Å². The van der Waals surface area contributed by atoms with Crippen LogP contribution < -0.4 is 5.32 Å². The van der Waals surface area contributed by atoms with E-state index in [-0.39, 0.29) is 6.04 Å². The van der Waals surface area contributed by atoms with Crippen molar-refractivity contribution in [2.75, 3.05) is 39.0 Å². The van der Waals surface area contributed by atoms with Crippen molar-refractivity contribution in [3.05, 3.63) is 48.9 Å². The summed E-state index contributed by atoms with van der Waals surface area (Å²) >= 11 is 0. The van der Waals surface area contributed by atoms with Gasteiger partial charge in [-0.1, -0.05) is 6.58 Å². The van der Waals surface area contributed by atoms with Crippen LogP contribution in [0.4, 0.5) is 5.69 Å². The second-order valence-corrected chi connectivity index (χ2v) is 5.95. The van der Waals surface area contributed by atoms with Gasteiger partial charge in [-0.2, -0.15) is 0 Å². The minimum atomic E-state index is -0.218. The number of rotatable bonds is 11. The first-order valence-electron chi connectivity index (χ1n) is 8.15. The molecule has 1 aromatic carbocycles. The summed E-state index contributed by atoms with van der Waals surface area (Å²) in [5.41, 5.74) is 1.76. The van der Waals surface area contributed by atoms with Gasteiger partial charge in [-0.25, -0.2) is 0 Å². The highest BCUT2D eigenvalue weighted by molar-refractivity contribution is 5.66. The predicted molar refractivity (Wildman–Crippen MR) is 101 cm³/mol. The Morgan fingerprint density at radius 3 is 2.38 bits per heavy atom. The molecule has 0 heterocycles. The van der Waals surface area contributed by atoms with E-state index in [9.17, 15) is 4.79 Å². The second-order valence-electron chi connectivity index (χ2n) is 5.95. The van der Waals surface area contributed by atoms with Crippen LogP contribution in [-0.4, -0.2) is 55.9 Å². The number of nitrogens with one attached hydrogen (secondary N) is 1. The predicted octanol–water partition coefficient (Wildman–Crippen LogP) is 3.03. The maximum atomic E-state index is 10.7. The van der Waals surface area contributed by atoms with Gasteiger partial charge in [0, 0.05) is 30.9 Å². The van der Waals surface area contributed by atoms with Crippen LogP contribution in [0.5, 0.6) is 0 Å². The Balaban J connectivity index is 2.62. The first kappa shape index (κ1) is 19.8. The van der Waals surface area contributed by atoms with Crippen molar-refractivity contribution < 1.29 is 9.53 Å². The molecule has 0 aromatic heterocycles. The SMILES string of the molecule is C=C(OC(=C)N(CC)CCN(C)C)c1ccc(NC(C)C=O)cc1. The maximum absolute atomic E-state index is 10.7. The van der Waals surface area contributed by atoms with Gasteiger partial charge in [0.15, 0.2) is 5.88 Å². The summed E-state index contributed by atoms with van der Waals surface area (Å²) in [7, 11) is 4.08. The molecule has 0 spiro atoms. The normalized spacial score (nSPS) is 11.7. The van der Waals surface area contributed by atoms with E-state index in [2.05, 4.69) is 35.2 Å². The van der Waals surface area contributed by atoms with E-state index in [4.69, 9.17) is 4.74 Å². The highest BCUT2D eigenvalue weighted by Gasteiger charge is 2.10. The summed E-state index contributed by atoms with van der Waals surface area (Å²) < 4.78 is 5.81. The Morgan fingerprint density at radius 2 is 1.88 bits per heavy atom. The molecule has 0 amide bonds. The Morgan fingerprint density at radius 1 is 1.25 bits per heavy atom. The number of carbonyl (C=O) groups is 1. The van der Waals surface area contributed by atoms with Crippen molar-refractivity contribution in [2.24, 2.45) is 0 Å². The van der Waals surface area contributed by atoms with Crippen LogP contribution in [0.25, 0.3) is 5.76 Å². The fourth-order valence-corrected chi connectivity index (χ4v) is 2.09. The molecule has 0 aliphatic heterocycles. The van der Waals surface area contributed by atoms with Gasteiger partial charge in [-0.3, -0.25) is 0 Å². The molecule has 1 N–H and O–H groups in total. The first-order valence-corrected chi connectivity index (χ1v) is 8.15. The van der Waals surface area contributed by atoms with Crippen LogP contribution >= 0.6 is 0 Å². The lowest BCUT2D eigenvalue weighted by atomic mass is 10.1. The van der Waals surface area contributed by atoms with E-state index in [0.717, 1.165) is 37.2 Å². The van der Waals surface area contributed by atoms with Gasteiger partial charge < -0.3 is 24.6 Å². The van der Waals surface area contributed by atoms with Gasteiger partial charge >= 0.3 is 0 Å². The summed E-state index contributed by atoms with van der Waals surface area (Å²) in [5, 5.41) is 3.08. The fraction of sp³-hybridized carbons (Fsp3) is 0.421. The molecule has 5 heteroatoms. The third-order valence-electron chi connectivity index (χ3n) is 3.60. The number of aldehydes is 1. The number of hydrogen-bond acceptors (Lipinski definition) is 5. The molecule has 0 saturated heterocycles. The molecule has 0 bridgehead atoms. The van der Waals surface area contributed by atoms with Gasteiger partial charge in [0.05, 0.1) is 6.04 Å². The lowest BCUT2D eigenvalue weighted by Gasteiger charge is -2.26. The molecule has 0 aliphatic carbocycles. The number of likely N-dealkylation sites (N-methyl/N-ethyl adjacent to an activating group) is 2. The van der Waals surface area contributed by atoms with E-state index < -0.39 is 0 Å². The highest BCUT2D eigenvalue weighted by Crippen LogP contribution is 2.20. The van der Waals surface area contributed by atoms with Crippen LogP contribution in [0.1, 0.15) is 19.4 Å². The summed E-state index contributed by atoms with van der Waals surface area (Å²) in [6, 6.07) is 7.40. The van der Waals surface area contributed by atoms with E-state index in [1.807, 2.05) is 38.4 Å².